The Morgan fingerprint density at radius 3 is 2.83 bits per heavy atom. The maximum atomic E-state index is 4.55. The number of halogens is 1. The van der Waals surface area contributed by atoms with E-state index in [0.29, 0.717) is 10.5 Å². The first-order valence-electron chi connectivity index (χ1n) is 6.15. The molecule has 2 aromatic heterocycles. The Morgan fingerprint density at radius 1 is 1.28 bits per heavy atom. The van der Waals surface area contributed by atoms with Gasteiger partial charge in [0.15, 0.2) is 5.65 Å². The fraction of sp³-hybridized carbons (Fsp3) is 0.462. The first-order valence-corrected chi connectivity index (χ1v) is 7.07. The number of hydrogen-bond donors (Lipinski definition) is 0. The molecule has 94 valence electrons. The van der Waals surface area contributed by atoms with Crippen LogP contribution in [0.3, 0.4) is 0 Å². The summed E-state index contributed by atoms with van der Waals surface area (Å²) in [5.41, 5.74) is 1.56. The Morgan fingerprint density at radius 2 is 2.06 bits per heavy atom. The molecule has 1 aliphatic carbocycles. The van der Waals surface area contributed by atoms with E-state index in [0.717, 1.165) is 23.8 Å². The molecule has 0 spiro atoms. The van der Waals surface area contributed by atoms with Crippen LogP contribution in [0.1, 0.15) is 12.8 Å². The zero-order valence-corrected chi connectivity index (χ0v) is 11.8. The van der Waals surface area contributed by atoms with E-state index >= 15 is 0 Å². The van der Waals surface area contributed by atoms with E-state index < -0.39 is 0 Å². The lowest BCUT2D eigenvalue weighted by Gasteiger charge is -2.34. The van der Waals surface area contributed by atoms with Crippen molar-refractivity contribution in [3.05, 3.63) is 24.5 Å². The van der Waals surface area contributed by atoms with Crippen molar-refractivity contribution >= 4 is 32.9 Å². The lowest BCUT2D eigenvalue weighted by molar-refractivity contribution is 0.338. The molecule has 0 amide bonds. The fourth-order valence-electron chi connectivity index (χ4n) is 2.34. The highest BCUT2D eigenvalue weighted by atomic mass is 79.9. The van der Waals surface area contributed by atoms with Crippen molar-refractivity contribution < 1.29 is 0 Å². The van der Waals surface area contributed by atoms with Gasteiger partial charge in [-0.15, -0.1) is 0 Å². The Hall–Kier alpha value is -1.23. The summed E-state index contributed by atoms with van der Waals surface area (Å²) in [6.45, 7) is 1.06. The molecule has 0 radical (unpaired) electrons. The van der Waals surface area contributed by atoms with Crippen molar-refractivity contribution in [1.82, 2.24) is 15.0 Å². The highest BCUT2D eigenvalue weighted by molar-refractivity contribution is 9.09. The predicted octanol–water partition coefficient (Wildman–Crippen LogP) is 2.63. The van der Waals surface area contributed by atoms with Gasteiger partial charge in [-0.2, -0.15) is 0 Å². The Labute approximate surface area is 115 Å². The summed E-state index contributed by atoms with van der Waals surface area (Å²) in [4.78, 5) is 15.9. The second kappa shape index (κ2) is 4.80. The van der Waals surface area contributed by atoms with Gasteiger partial charge in [0, 0.05) is 30.8 Å². The van der Waals surface area contributed by atoms with E-state index in [1.165, 1.54) is 12.8 Å². The predicted molar refractivity (Wildman–Crippen MR) is 76.0 cm³/mol. The number of rotatable bonds is 3. The zero-order valence-electron chi connectivity index (χ0n) is 10.3. The standard InChI is InChI=1S/C13H15BrN4/c1-18(8-9-6-10(14)7-9)12-3-2-11-13(17-12)16-5-4-15-11/h2-5,9-10H,6-8H2,1H3. The van der Waals surface area contributed by atoms with Crippen LogP contribution >= 0.6 is 15.9 Å². The van der Waals surface area contributed by atoms with Gasteiger partial charge in [0.2, 0.25) is 0 Å². The minimum atomic E-state index is 0.714. The molecule has 0 atom stereocenters. The molecule has 2 heterocycles. The van der Waals surface area contributed by atoms with E-state index in [1.807, 2.05) is 12.1 Å². The van der Waals surface area contributed by atoms with Crippen molar-refractivity contribution in [3.63, 3.8) is 0 Å². The van der Waals surface area contributed by atoms with Crippen LogP contribution in [0.5, 0.6) is 0 Å². The minimum absolute atomic E-state index is 0.714. The molecular formula is C13H15BrN4. The summed E-state index contributed by atoms with van der Waals surface area (Å²) >= 11 is 3.63. The first-order chi connectivity index (χ1) is 8.72. The molecule has 1 saturated carbocycles. The lowest BCUT2D eigenvalue weighted by atomic mass is 9.85. The molecule has 2 aromatic rings. The summed E-state index contributed by atoms with van der Waals surface area (Å²) in [6, 6.07) is 4.00. The molecule has 1 aliphatic rings. The molecule has 0 unspecified atom stereocenters. The normalized spacial score (nSPS) is 22.8. The van der Waals surface area contributed by atoms with E-state index in [2.05, 4.69) is 42.8 Å². The number of fused-ring (bicyclic) bond motifs is 1. The van der Waals surface area contributed by atoms with Crippen LogP contribution in [-0.4, -0.2) is 33.4 Å². The van der Waals surface area contributed by atoms with Gasteiger partial charge in [-0.1, -0.05) is 15.9 Å². The molecule has 5 heteroatoms. The third-order valence-corrected chi connectivity index (χ3v) is 4.17. The van der Waals surface area contributed by atoms with Gasteiger partial charge in [-0.3, -0.25) is 4.98 Å². The van der Waals surface area contributed by atoms with Gasteiger partial charge >= 0.3 is 0 Å². The number of nitrogens with zero attached hydrogens (tertiary/aromatic N) is 4. The van der Waals surface area contributed by atoms with Crippen molar-refractivity contribution in [3.8, 4) is 0 Å². The number of pyridine rings is 1. The van der Waals surface area contributed by atoms with Crippen LogP contribution in [0.2, 0.25) is 0 Å². The lowest BCUT2D eigenvalue weighted by Crippen LogP contribution is -2.34. The van der Waals surface area contributed by atoms with E-state index in [-0.39, 0.29) is 0 Å². The molecule has 18 heavy (non-hydrogen) atoms. The molecule has 0 aliphatic heterocycles. The Kier molecular flexibility index (Phi) is 3.16. The van der Waals surface area contributed by atoms with Gasteiger partial charge in [0.05, 0.1) is 0 Å². The Bertz CT molecular complexity index is 553. The third kappa shape index (κ3) is 2.32. The van der Waals surface area contributed by atoms with Crippen molar-refractivity contribution in [1.29, 1.82) is 0 Å². The van der Waals surface area contributed by atoms with Gasteiger partial charge in [-0.25, -0.2) is 9.97 Å². The molecule has 0 saturated heterocycles. The van der Waals surface area contributed by atoms with Gasteiger partial charge in [0.1, 0.15) is 11.3 Å². The summed E-state index contributed by atoms with van der Waals surface area (Å²) in [5, 5.41) is 0. The smallest absolute Gasteiger partial charge is 0.180 e. The largest absolute Gasteiger partial charge is 0.359 e. The minimum Gasteiger partial charge on any atom is -0.359 e. The highest BCUT2D eigenvalue weighted by Crippen LogP contribution is 2.34. The van der Waals surface area contributed by atoms with Crippen molar-refractivity contribution in [2.24, 2.45) is 5.92 Å². The quantitative estimate of drug-likeness (QED) is 0.818. The van der Waals surface area contributed by atoms with E-state index in [9.17, 15) is 0 Å². The Balaban J connectivity index is 1.76. The van der Waals surface area contributed by atoms with Gasteiger partial charge in [-0.05, 0) is 30.9 Å². The summed E-state index contributed by atoms with van der Waals surface area (Å²) in [6.07, 6.45) is 5.90. The summed E-state index contributed by atoms with van der Waals surface area (Å²) in [7, 11) is 2.09. The molecule has 4 nitrogen and oxygen atoms in total. The van der Waals surface area contributed by atoms with Gasteiger partial charge in [0.25, 0.3) is 0 Å². The zero-order chi connectivity index (χ0) is 12.5. The number of aromatic nitrogens is 3. The van der Waals surface area contributed by atoms with Crippen LogP contribution < -0.4 is 4.90 Å². The second-order valence-electron chi connectivity index (χ2n) is 4.88. The summed E-state index contributed by atoms with van der Waals surface area (Å²) < 4.78 is 0. The van der Waals surface area contributed by atoms with Crippen molar-refractivity contribution in [2.75, 3.05) is 18.5 Å². The second-order valence-corrected chi connectivity index (χ2v) is 6.18. The van der Waals surface area contributed by atoms with Gasteiger partial charge < -0.3 is 4.90 Å². The third-order valence-electron chi connectivity index (χ3n) is 3.42. The maximum Gasteiger partial charge on any atom is 0.180 e. The highest BCUT2D eigenvalue weighted by Gasteiger charge is 2.27. The molecule has 1 fully saturated rings. The average Bonchev–Trinajstić information content (AvgIpc) is 2.36. The van der Waals surface area contributed by atoms with E-state index in [1.54, 1.807) is 12.4 Å². The monoisotopic (exact) mass is 306 g/mol. The molecular weight excluding hydrogens is 292 g/mol. The molecule has 0 bridgehead atoms. The van der Waals surface area contributed by atoms with Crippen LogP contribution in [0.25, 0.3) is 11.2 Å². The van der Waals surface area contributed by atoms with Crippen LogP contribution in [0, 0.1) is 5.92 Å². The number of hydrogen-bond acceptors (Lipinski definition) is 4. The van der Waals surface area contributed by atoms with Crippen molar-refractivity contribution in [2.45, 2.75) is 17.7 Å². The van der Waals surface area contributed by atoms with Crippen LogP contribution in [0.4, 0.5) is 5.82 Å². The molecule has 3 rings (SSSR count). The fourth-order valence-corrected chi connectivity index (χ4v) is 3.40. The first kappa shape index (κ1) is 11.8. The van der Waals surface area contributed by atoms with E-state index in [4.69, 9.17) is 0 Å². The number of anilines is 1. The maximum absolute atomic E-state index is 4.55. The van der Waals surface area contributed by atoms with Crippen LogP contribution in [-0.2, 0) is 0 Å². The van der Waals surface area contributed by atoms with Crippen LogP contribution in [0.15, 0.2) is 24.5 Å². The number of alkyl halides is 1. The average molecular weight is 307 g/mol. The molecule has 0 N–H and O–H groups in total. The molecule has 0 aromatic carbocycles. The summed E-state index contributed by atoms with van der Waals surface area (Å²) in [5.74, 6) is 1.75. The topological polar surface area (TPSA) is 41.9 Å². The SMILES string of the molecule is CN(CC1CC(Br)C1)c1ccc2nccnc2n1.